The van der Waals surface area contributed by atoms with Crippen LogP contribution >= 0.6 is 0 Å². The summed E-state index contributed by atoms with van der Waals surface area (Å²) in [5.41, 5.74) is 0.886. The predicted molar refractivity (Wildman–Crippen MR) is 70.0 cm³/mol. The average molecular weight is 261 g/mol. The van der Waals surface area contributed by atoms with E-state index in [1.165, 1.54) is 12.1 Å². The molecular formula is C14H15NO4. The van der Waals surface area contributed by atoms with Crippen molar-refractivity contribution in [1.82, 2.24) is 4.90 Å². The number of nitrogens with zero attached hydrogens (tertiary/aromatic N) is 1. The molecule has 1 fully saturated rings. The Hall–Kier alpha value is -1.85. The molecule has 0 aliphatic carbocycles. The maximum atomic E-state index is 11.5. The maximum absolute atomic E-state index is 11.5. The van der Waals surface area contributed by atoms with Crippen LogP contribution in [0, 0.1) is 5.92 Å². The lowest BCUT2D eigenvalue weighted by atomic mass is 9.99. The van der Waals surface area contributed by atoms with E-state index in [-0.39, 0.29) is 12.4 Å². The Morgan fingerprint density at radius 3 is 2.84 bits per heavy atom. The number of aliphatic hydroxyl groups excluding tert-OH is 1. The molecule has 2 N–H and O–H groups in total. The molecule has 1 saturated heterocycles. The van der Waals surface area contributed by atoms with Gasteiger partial charge in [0.15, 0.2) is 0 Å². The van der Waals surface area contributed by atoms with Crippen LogP contribution in [0.15, 0.2) is 33.5 Å². The highest BCUT2D eigenvalue weighted by Crippen LogP contribution is 2.25. The molecule has 0 spiro atoms. The second-order valence-corrected chi connectivity index (χ2v) is 5.01. The first-order valence-electron chi connectivity index (χ1n) is 6.24. The molecule has 3 rings (SSSR count). The normalized spacial score (nSPS) is 16.7. The van der Waals surface area contributed by atoms with E-state index < -0.39 is 5.63 Å². The largest absolute Gasteiger partial charge is 0.508 e. The molecule has 0 amide bonds. The molecule has 5 nitrogen and oxygen atoms in total. The summed E-state index contributed by atoms with van der Waals surface area (Å²) in [7, 11) is 0. The molecule has 0 bridgehead atoms. The van der Waals surface area contributed by atoms with Gasteiger partial charge in [0, 0.05) is 49.7 Å². The number of fused-ring (bicyclic) bond motifs is 1. The molecule has 1 aliphatic heterocycles. The van der Waals surface area contributed by atoms with Crippen molar-refractivity contribution in [3.63, 3.8) is 0 Å². The third-order valence-corrected chi connectivity index (χ3v) is 3.50. The number of phenolic OH excluding ortho intramolecular Hbond substituents is 1. The molecule has 2 heterocycles. The van der Waals surface area contributed by atoms with E-state index in [0.29, 0.717) is 18.0 Å². The number of benzene rings is 1. The highest BCUT2D eigenvalue weighted by Gasteiger charge is 2.26. The van der Waals surface area contributed by atoms with Crippen LogP contribution in [0.4, 0.5) is 0 Å². The Morgan fingerprint density at radius 1 is 1.32 bits per heavy atom. The summed E-state index contributed by atoms with van der Waals surface area (Å²) in [4.78, 5) is 13.7. The second kappa shape index (κ2) is 4.68. The van der Waals surface area contributed by atoms with Crippen molar-refractivity contribution in [1.29, 1.82) is 0 Å². The molecular weight excluding hydrogens is 246 g/mol. The molecule has 19 heavy (non-hydrogen) atoms. The molecule has 0 atom stereocenters. The van der Waals surface area contributed by atoms with Crippen LogP contribution in [-0.2, 0) is 6.54 Å². The molecule has 0 saturated carbocycles. The zero-order valence-corrected chi connectivity index (χ0v) is 10.4. The van der Waals surface area contributed by atoms with Gasteiger partial charge in [-0.1, -0.05) is 0 Å². The molecule has 1 aliphatic rings. The topological polar surface area (TPSA) is 73.9 Å². The minimum Gasteiger partial charge on any atom is -0.508 e. The summed E-state index contributed by atoms with van der Waals surface area (Å²) in [5, 5.41) is 19.3. The second-order valence-electron chi connectivity index (χ2n) is 5.01. The fraction of sp³-hybridized carbons (Fsp3) is 0.357. The quantitative estimate of drug-likeness (QED) is 0.804. The predicted octanol–water partition coefficient (Wildman–Crippen LogP) is 0.923. The van der Waals surface area contributed by atoms with E-state index in [2.05, 4.69) is 4.90 Å². The van der Waals surface area contributed by atoms with Gasteiger partial charge >= 0.3 is 5.63 Å². The number of likely N-dealkylation sites (tertiary alicyclic amines) is 1. The molecule has 1 aromatic carbocycles. The molecule has 100 valence electrons. The van der Waals surface area contributed by atoms with E-state index in [4.69, 9.17) is 9.52 Å². The number of hydrogen-bond acceptors (Lipinski definition) is 5. The average Bonchev–Trinajstić information content (AvgIpc) is 2.32. The van der Waals surface area contributed by atoms with Gasteiger partial charge in [-0.05, 0) is 17.7 Å². The number of phenols is 1. The zero-order chi connectivity index (χ0) is 13.4. The van der Waals surface area contributed by atoms with Gasteiger partial charge < -0.3 is 14.6 Å². The van der Waals surface area contributed by atoms with E-state index in [0.717, 1.165) is 24.0 Å². The number of aliphatic hydroxyl groups is 1. The lowest BCUT2D eigenvalue weighted by molar-refractivity contribution is 0.0481. The summed E-state index contributed by atoms with van der Waals surface area (Å²) in [6.45, 7) is 2.55. The third kappa shape index (κ3) is 2.34. The van der Waals surface area contributed by atoms with Gasteiger partial charge in [-0.3, -0.25) is 4.90 Å². The SMILES string of the molecule is O=c1cc(CN2CC(CO)C2)c2ccc(O)cc2o1. The monoisotopic (exact) mass is 261 g/mol. The zero-order valence-electron chi connectivity index (χ0n) is 10.4. The standard InChI is InChI=1S/C14H15NO4/c16-8-9-5-15(6-9)7-10-3-14(18)19-13-4-11(17)1-2-12(10)13/h1-4,9,16-17H,5-8H2. The Balaban J connectivity index is 1.92. The Labute approximate surface area is 109 Å². The first-order chi connectivity index (χ1) is 9.15. The number of rotatable bonds is 3. The fourth-order valence-corrected chi connectivity index (χ4v) is 2.51. The lowest BCUT2D eigenvalue weighted by Crippen LogP contribution is -2.47. The van der Waals surface area contributed by atoms with Gasteiger partial charge in [0.25, 0.3) is 0 Å². The van der Waals surface area contributed by atoms with Crippen LogP contribution in [0.1, 0.15) is 5.56 Å². The van der Waals surface area contributed by atoms with Crippen molar-refractivity contribution in [2.45, 2.75) is 6.54 Å². The molecule has 5 heteroatoms. The van der Waals surface area contributed by atoms with Crippen molar-refractivity contribution in [3.05, 3.63) is 40.2 Å². The summed E-state index contributed by atoms with van der Waals surface area (Å²) in [6, 6.07) is 6.28. The van der Waals surface area contributed by atoms with Gasteiger partial charge in [0.05, 0.1) is 0 Å². The van der Waals surface area contributed by atoms with E-state index in [1.54, 1.807) is 12.1 Å². The Bertz CT molecular complexity index is 658. The van der Waals surface area contributed by atoms with Crippen LogP contribution < -0.4 is 5.63 Å². The molecule has 2 aromatic rings. The van der Waals surface area contributed by atoms with Crippen molar-refractivity contribution in [3.8, 4) is 5.75 Å². The molecule has 0 unspecified atom stereocenters. The summed E-state index contributed by atoms with van der Waals surface area (Å²) >= 11 is 0. The highest BCUT2D eigenvalue weighted by atomic mass is 16.4. The van der Waals surface area contributed by atoms with Crippen molar-refractivity contribution < 1.29 is 14.6 Å². The fourth-order valence-electron chi connectivity index (χ4n) is 2.51. The van der Waals surface area contributed by atoms with Crippen molar-refractivity contribution in [2.75, 3.05) is 19.7 Å². The first-order valence-corrected chi connectivity index (χ1v) is 6.24. The van der Waals surface area contributed by atoms with E-state index >= 15 is 0 Å². The van der Waals surface area contributed by atoms with Gasteiger partial charge in [-0.25, -0.2) is 4.79 Å². The van der Waals surface area contributed by atoms with E-state index in [9.17, 15) is 9.90 Å². The third-order valence-electron chi connectivity index (χ3n) is 3.50. The summed E-state index contributed by atoms with van der Waals surface area (Å²) < 4.78 is 5.08. The van der Waals surface area contributed by atoms with Crippen LogP contribution in [-0.4, -0.2) is 34.8 Å². The first kappa shape index (κ1) is 12.2. The van der Waals surface area contributed by atoms with Crippen LogP contribution in [0.3, 0.4) is 0 Å². The van der Waals surface area contributed by atoms with Gasteiger partial charge in [0.1, 0.15) is 11.3 Å². The van der Waals surface area contributed by atoms with Crippen LogP contribution in [0.2, 0.25) is 0 Å². The van der Waals surface area contributed by atoms with Crippen LogP contribution in [0.25, 0.3) is 11.0 Å². The van der Waals surface area contributed by atoms with Crippen LogP contribution in [0.5, 0.6) is 5.75 Å². The van der Waals surface area contributed by atoms with Crippen molar-refractivity contribution in [2.24, 2.45) is 5.92 Å². The Morgan fingerprint density at radius 2 is 2.11 bits per heavy atom. The van der Waals surface area contributed by atoms with Crippen molar-refractivity contribution >= 4 is 11.0 Å². The molecule has 0 radical (unpaired) electrons. The minimum absolute atomic E-state index is 0.0806. The summed E-state index contributed by atoms with van der Waals surface area (Å²) in [5.74, 6) is 0.424. The Kier molecular flexibility index (Phi) is 3.00. The maximum Gasteiger partial charge on any atom is 0.336 e. The van der Waals surface area contributed by atoms with Gasteiger partial charge in [-0.15, -0.1) is 0 Å². The van der Waals surface area contributed by atoms with Gasteiger partial charge in [0.2, 0.25) is 0 Å². The number of hydrogen-bond donors (Lipinski definition) is 2. The molecule has 1 aromatic heterocycles. The summed E-state index contributed by atoms with van der Waals surface area (Å²) in [6.07, 6.45) is 0. The smallest absolute Gasteiger partial charge is 0.336 e. The van der Waals surface area contributed by atoms with E-state index in [1.807, 2.05) is 0 Å². The number of aromatic hydroxyl groups is 1. The minimum atomic E-state index is -0.410. The highest BCUT2D eigenvalue weighted by molar-refractivity contribution is 5.81. The van der Waals surface area contributed by atoms with Gasteiger partial charge in [-0.2, -0.15) is 0 Å². The lowest BCUT2D eigenvalue weighted by Gasteiger charge is -2.38.